The van der Waals surface area contributed by atoms with Gasteiger partial charge in [0.2, 0.25) is 5.91 Å². The fourth-order valence-electron chi connectivity index (χ4n) is 3.49. The van der Waals surface area contributed by atoms with Crippen molar-refractivity contribution >= 4 is 23.4 Å². The van der Waals surface area contributed by atoms with E-state index < -0.39 is 0 Å². The van der Waals surface area contributed by atoms with Crippen molar-refractivity contribution in [3.05, 3.63) is 54.4 Å². The van der Waals surface area contributed by atoms with E-state index in [1.54, 1.807) is 19.5 Å². The second-order valence-corrected chi connectivity index (χ2v) is 7.70. The van der Waals surface area contributed by atoms with Crippen LogP contribution in [-0.2, 0) is 22.5 Å². The molecule has 0 bridgehead atoms. The molecule has 1 aromatic carbocycles. The number of fused-ring (bicyclic) bond motifs is 1. The van der Waals surface area contributed by atoms with E-state index in [0.29, 0.717) is 24.1 Å². The normalized spacial score (nSPS) is 13.3. The third-order valence-corrected chi connectivity index (χ3v) is 5.86. The summed E-state index contributed by atoms with van der Waals surface area (Å²) in [4.78, 5) is 18.9. The van der Waals surface area contributed by atoms with Crippen LogP contribution in [-0.4, -0.2) is 51.7 Å². The summed E-state index contributed by atoms with van der Waals surface area (Å²) < 4.78 is 7.25. The molecular formula is C21H23N5O2S. The standard InChI is InChI=1S/C21H23N5O2S/c1-28-14-13-26-20(17-8-10-22-11-9-17)23-24-21(26)29-15-19(27)25-12-4-6-16-5-2-3-7-18(16)25/h2-3,5,7-11H,4,6,12-15H2,1H3. The minimum atomic E-state index is 0.0916. The predicted molar refractivity (Wildman–Crippen MR) is 113 cm³/mol. The predicted octanol–water partition coefficient (Wildman–Crippen LogP) is 3.06. The van der Waals surface area contributed by atoms with Gasteiger partial charge in [0.15, 0.2) is 11.0 Å². The molecule has 0 spiro atoms. The van der Waals surface area contributed by atoms with E-state index in [4.69, 9.17) is 4.74 Å². The lowest BCUT2D eigenvalue weighted by Crippen LogP contribution is -2.36. The zero-order valence-corrected chi connectivity index (χ0v) is 17.1. The van der Waals surface area contributed by atoms with Gasteiger partial charge in [0.05, 0.1) is 18.9 Å². The Morgan fingerprint density at radius 3 is 2.83 bits per heavy atom. The lowest BCUT2D eigenvalue weighted by atomic mass is 10.0. The molecule has 4 rings (SSSR count). The van der Waals surface area contributed by atoms with Crippen LogP contribution in [0, 0.1) is 0 Å². The Hall–Kier alpha value is -2.71. The maximum Gasteiger partial charge on any atom is 0.237 e. The van der Waals surface area contributed by atoms with E-state index in [9.17, 15) is 4.79 Å². The minimum absolute atomic E-state index is 0.0916. The third-order valence-electron chi connectivity index (χ3n) is 4.91. The van der Waals surface area contributed by atoms with Crippen LogP contribution in [0.5, 0.6) is 0 Å². The van der Waals surface area contributed by atoms with Crippen molar-refractivity contribution in [3.8, 4) is 11.4 Å². The van der Waals surface area contributed by atoms with Gasteiger partial charge in [-0.05, 0) is 36.6 Å². The molecule has 1 amide bonds. The van der Waals surface area contributed by atoms with Crippen molar-refractivity contribution in [2.75, 3.05) is 30.9 Å². The summed E-state index contributed by atoms with van der Waals surface area (Å²) in [6.07, 6.45) is 5.47. The number of pyridine rings is 1. The molecule has 8 heteroatoms. The molecule has 29 heavy (non-hydrogen) atoms. The number of carbonyl (C=O) groups is 1. The van der Waals surface area contributed by atoms with E-state index in [0.717, 1.165) is 36.5 Å². The average molecular weight is 410 g/mol. The zero-order valence-electron chi connectivity index (χ0n) is 16.3. The maximum atomic E-state index is 13.0. The topological polar surface area (TPSA) is 73.1 Å². The molecule has 0 radical (unpaired) electrons. The number of thioether (sulfide) groups is 1. The first-order valence-electron chi connectivity index (χ1n) is 9.61. The first-order chi connectivity index (χ1) is 14.3. The number of benzene rings is 1. The van der Waals surface area contributed by atoms with Crippen LogP contribution in [0.15, 0.2) is 53.9 Å². The van der Waals surface area contributed by atoms with Crippen molar-refractivity contribution in [2.24, 2.45) is 0 Å². The molecule has 150 valence electrons. The van der Waals surface area contributed by atoms with Crippen LogP contribution in [0.25, 0.3) is 11.4 Å². The van der Waals surface area contributed by atoms with Crippen molar-refractivity contribution in [1.29, 1.82) is 0 Å². The highest BCUT2D eigenvalue weighted by atomic mass is 32.2. The number of aryl methyl sites for hydroxylation is 1. The van der Waals surface area contributed by atoms with Crippen molar-refractivity contribution in [2.45, 2.75) is 24.5 Å². The van der Waals surface area contributed by atoms with Gasteiger partial charge in [0, 0.05) is 37.3 Å². The summed E-state index contributed by atoms with van der Waals surface area (Å²) >= 11 is 1.42. The second-order valence-electron chi connectivity index (χ2n) is 6.75. The van der Waals surface area contributed by atoms with Gasteiger partial charge in [-0.25, -0.2) is 0 Å². The zero-order chi connectivity index (χ0) is 20.1. The van der Waals surface area contributed by atoms with Gasteiger partial charge < -0.3 is 9.64 Å². The number of amides is 1. The highest BCUT2D eigenvalue weighted by Gasteiger charge is 2.23. The molecule has 0 aliphatic carbocycles. The van der Waals surface area contributed by atoms with Crippen LogP contribution in [0.1, 0.15) is 12.0 Å². The molecule has 3 heterocycles. The smallest absolute Gasteiger partial charge is 0.237 e. The van der Waals surface area contributed by atoms with E-state index >= 15 is 0 Å². The summed E-state index contributed by atoms with van der Waals surface area (Å²) in [7, 11) is 1.67. The molecule has 0 saturated carbocycles. The maximum absolute atomic E-state index is 13.0. The van der Waals surface area contributed by atoms with Gasteiger partial charge in [-0.3, -0.25) is 14.3 Å². The number of hydrogen-bond acceptors (Lipinski definition) is 6. The molecule has 1 aliphatic heterocycles. The lowest BCUT2D eigenvalue weighted by molar-refractivity contribution is -0.116. The molecule has 0 saturated heterocycles. The third kappa shape index (κ3) is 4.33. The second kappa shape index (κ2) is 9.19. The van der Waals surface area contributed by atoms with Crippen LogP contribution >= 0.6 is 11.8 Å². The van der Waals surface area contributed by atoms with Gasteiger partial charge in [-0.15, -0.1) is 10.2 Å². The van der Waals surface area contributed by atoms with Gasteiger partial charge >= 0.3 is 0 Å². The Balaban J connectivity index is 1.51. The van der Waals surface area contributed by atoms with E-state index in [1.165, 1.54) is 17.3 Å². The Kier molecular flexibility index (Phi) is 6.21. The van der Waals surface area contributed by atoms with Crippen LogP contribution in [0.2, 0.25) is 0 Å². The summed E-state index contributed by atoms with van der Waals surface area (Å²) in [5, 5.41) is 9.40. The molecule has 0 N–H and O–H groups in total. The highest BCUT2D eigenvalue weighted by molar-refractivity contribution is 7.99. The highest BCUT2D eigenvalue weighted by Crippen LogP contribution is 2.29. The average Bonchev–Trinajstić information content (AvgIpc) is 3.19. The number of carbonyl (C=O) groups excluding carboxylic acids is 1. The fourth-order valence-corrected chi connectivity index (χ4v) is 4.33. The molecule has 3 aromatic rings. The summed E-state index contributed by atoms with van der Waals surface area (Å²) in [6.45, 7) is 1.91. The SMILES string of the molecule is COCCn1c(SCC(=O)N2CCCc3ccccc32)nnc1-c1ccncc1. The van der Waals surface area contributed by atoms with E-state index in [2.05, 4.69) is 21.2 Å². The molecule has 0 fully saturated rings. The number of ether oxygens (including phenoxy) is 1. The van der Waals surface area contributed by atoms with Crippen molar-refractivity contribution in [1.82, 2.24) is 19.7 Å². The summed E-state index contributed by atoms with van der Waals surface area (Å²) in [5.41, 5.74) is 3.20. The number of hydrogen-bond donors (Lipinski definition) is 0. The quantitative estimate of drug-likeness (QED) is 0.559. The Labute approximate surface area is 174 Å². The number of aromatic nitrogens is 4. The van der Waals surface area contributed by atoms with E-state index in [1.807, 2.05) is 39.8 Å². The van der Waals surface area contributed by atoms with Gasteiger partial charge in [0.25, 0.3) is 0 Å². The Morgan fingerprint density at radius 2 is 2.00 bits per heavy atom. The minimum Gasteiger partial charge on any atom is -0.383 e. The summed E-state index contributed by atoms with van der Waals surface area (Å²) in [6, 6.07) is 11.9. The monoisotopic (exact) mass is 409 g/mol. The van der Waals surface area contributed by atoms with Crippen LogP contribution in [0.4, 0.5) is 5.69 Å². The number of rotatable bonds is 7. The van der Waals surface area contributed by atoms with Crippen LogP contribution < -0.4 is 4.90 Å². The van der Waals surface area contributed by atoms with E-state index in [-0.39, 0.29) is 5.91 Å². The number of para-hydroxylation sites is 1. The lowest BCUT2D eigenvalue weighted by Gasteiger charge is -2.29. The number of nitrogens with zero attached hydrogens (tertiary/aromatic N) is 5. The molecular weight excluding hydrogens is 386 g/mol. The Morgan fingerprint density at radius 1 is 1.17 bits per heavy atom. The number of anilines is 1. The summed E-state index contributed by atoms with van der Waals surface area (Å²) in [5.74, 6) is 1.16. The first kappa shape index (κ1) is 19.6. The van der Waals surface area contributed by atoms with Gasteiger partial charge in [-0.1, -0.05) is 30.0 Å². The number of methoxy groups -OCH3 is 1. The van der Waals surface area contributed by atoms with Crippen molar-refractivity contribution in [3.63, 3.8) is 0 Å². The largest absolute Gasteiger partial charge is 0.383 e. The van der Waals surface area contributed by atoms with Gasteiger partial charge in [-0.2, -0.15) is 0 Å². The van der Waals surface area contributed by atoms with Crippen molar-refractivity contribution < 1.29 is 9.53 Å². The van der Waals surface area contributed by atoms with Crippen LogP contribution in [0.3, 0.4) is 0 Å². The molecule has 1 aliphatic rings. The molecule has 0 unspecified atom stereocenters. The molecule has 2 aromatic heterocycles. The van der Waals surface area contributed by atoms with Gasteiger partial charge in [0.1, 0.15) is 0 Å². The molecule has 7 nitrogen and oxygen atoms in total. The Bertz CT molecular complexity index is 976. The molecule has 0 atom stereocenters. The fraction of sp³-hybridized carbons (Fsp3) is 0.333. The first-order valence-corrected chi connectivity index (χ1v) is 10.6.